The third-order valence-electron chi connectivity index (χ3n) is 8.24. The molecule has 0 spiro atoms. The Morgan fingerprint density at radius 2 is 1.86 bits per heavy atom. The summed E-state index contributed by atoms with van der Waals surface area (Å²) >= 11 is 5.86. The standard InChI is InChI=1S/C29H29ClF4N6O3/c1-42-28-36-26-20(14-35-25(24(26)31)19-4-2-5-21(30)23(19)29(32,33)34)27(37-28)39-12-10-38(11-13-39)22(41)6-3-9-40-17-7-8-18(40)16-43-15-17/h2-6,14,17-18H,7-13,15-16H2,1H3/b6-3+/t17-,18+. The molecule has 3 aliphatic heterocycles. The van der Waals surface area contributed by atoms with Crippen LogP contribution in [0, 0.1) is 5.82 Å². The first-order chi connectivity index (χ1) is 20.7. The van der Waals surface area contributed by atoms with E-state index in [2.05, 4.69) is 19.9 Å². The minimum Gasteiger partial charge on any atom is -0.467 e. The van der Waals surface area contributed by atoms with Gasteiger partial charge in [-0.1, -0.05) is 29.8 Å². The molecule has 0 aliphatic carbocycles. The Balaban J connectivity index is 1.21. The van der Waals surface area contributed by atoms with E-state index in [1.54, 1.807) is 11.0 Å². The van der Waals surface area contributed by atoms with Crippen molar-refractivity contribution in [2.24, 2.45) is 0 Å². The fourth-order valence-electron chi connectivity index (χ4n) is 6.08. The maximum absolute atomic E-state index is 15.9. The third-order valence-corrected chi connectivity index (χ3v) is 8.55. The number of rotatable bonds is 6. The Labute approximate surface area is 250 Å². The molecule has 0 unspecified atom stereocenters. The average molecular weight is 621 g/mol. The number of nitrogens with zero attached hydrogens (tertiary/aromatic N) is 6. The molecular formula is C29H29ClF4N6O3. The first-order valence-corrected chi connectivity index (χ1v) is 14.3. The van der Waals surface area contributed by atoms with Crippen LogP contribution < -0.4 is 9.64 Å². The fourth-order valence-corrected chi connectivity index (χ4v) is 6.36. The second kappa shape index (κ2) is 11.9. The van der Waals surface area contributed by atoms with E-state index >= 15 is 4.39 Å². The van der Waals surface area contributed by atoms with Gasteiger partial charge in [0, 0.05) is 62.6 Å². The van der Waals surface area contributed by atoms with Gasteiger partial charge in [0.1, 0.15) is 17.0 Å². The summed E-state index contributed by atoms with van der Waals surface area (Å²) in [6, 6.07) is 4.17. The van der Waals surface area contributed by atoms with E-state index in [1.807, 2.05) is 11.0 Å². The van der Waals surface area contributed by atoms with Crippen LogP contribution >= 0.6 is 11.6 Å². The molecule has 2 atom stereocenters. The van der Waals surface area contributed by atoms with E-state index < -0.39 is 33.8 Å². The molecule has 3 saturated heterocycles. The summed E-state index contributed by atoms with van der Waals surface area (Å²) in [5.41, 5.74) is -2.46. The topological polar surface area (TPSA) is 83.9 Å². The normalized spacial score (nSPS) is 21.3. The minimum atomic E-state index is -4.83. The zero-order chi connectivity index (χ0) is 30.3. The molecule has 1 amide bonds. The van der Waals surface area contributed by atoms with Crippen LogP contribution in [-0.4, -0.2) is 95.8 Å². The molecule has 2 aromatic heterocycles. The third kappa shape index (κ3) is 5.73. The van der Waals surface area contributed by atoms with E-state index in [0.29, 0.717) is 50.6 Å². The summed E-state index contributed by atoms with van der Waals surface area (Å²) in [4.78, 5) is 31.5. The number of hydrogen-bond donors (Lipinski definition) is 0. The summed E-state index contributed by atoms with van der Waals surface area (Å²) in [6.45, 7) is 3.74. The van der Waals surface area contributed by atoms with Crippen LogP contribution in [0.5, 0.6) is 6.01 Å². The van der Waals surface area contributed by atoms with Gasteiger partial charge >= 0.3 is 12.2 Å². The lowest BCUT2D eigenvalue weighted by Crippen LogP contribution is -2.49. The number of hydrogen-bond acceptors (Lipinski definition) is 8. The van der Waals surface area contributed by atoms with Crippen LogP contribution in [0.15, 0.2) is 36.5 Å². The average Bonchev–Trinajstić information content (AvgIpc) is 3.20. The highest BCUT2D eigenvalue weighted by atomic mass is 35.5. The van der Waals surface area contributed by atoms with Crippen molar-refractivity contribution in [1.29, 1.82) is 0 Å². The van der Waals surface area contributed by atoms with Gasteiger partial charge in [0.2, 0.25) is 5.91 Å². The maximum atomic E-state index is 15.9. The molecule has 2 bridgehead atoms. The second-order valence-electron chi connectivity index (χ2n) is 10.7. The predicted octanol–water partition coefficient (Wildman–Crippen LogP) is 4.58. The predicted molar refractivity (Wildman–Crippen MR) is 152 cm³/mol. The molecular weight excluding hydrogens is 592 g/mol. The van der Waals surface area contributed by atoms with Gasteiger partial charge in [0.05, 0.1) is 36.3 Å². The monoisotopic (exact) mass is 620 g/mol. The number of pyridine rings is 1. The van der Waals surface area contributed by atoms with E-state index in [4.69, 9.17) is 21.1 Å². The number of morpholine rings is 1. The number of anilines is 1. The highest BCUT2D eigenvalue weighted by Crippen LogP contribution is 2.42. The maximum Gasteiger partial charge on any atom is 0.418 e. The largest absolute Gasteiger partial charge is 0.467 e. The highest BCUT2D eigenvalue weighted by molar-refractivity contribution is 6.31. The summed E-state index contributed by atoms with van der Waals surface area (Å²) in [5.74, 6) is -0.836. The van der Waals surface area contributed by atoms with Gasteiger partial charge in [-0.15, -0.1) is 0 Å². The summed E-state index contributed by atoms with van der Waals surface area (Å²) in [6.07, 6.45) is 2.17. The van der Waals surface area contributed by atoms with Gasteiger partial charge in [-0.2, -0.15) is 23.1 Å². The number of halogens is 5. The number of benzene rings is 1. The van der Waals surface area contributed by atoms with E-state index in [1.165, 1.54) is 19.4 Å². The summed E-state index contributed by atoms with van der Waals surface area (Å²) < 4.78 is 68.2. The molecule has 9 nitrogen and oxygen atoms in total. The Morgan fingerprint density at radius 1 is 1.14 bits per heavy atom. The van der Waals surface area contributed by atoms with Crippen LogP contribution in [0.1, 0.15) is 18.4 Å². The fraction of sp³-hybridized carbons (Fsp3) is 0.448. The van der Waals surface area contributed by atoms with Crippen LogP contribution in [0.4, 0.5) is 23.4 Å². The molecule has 1 aromatic carbocycles. The minimum absolute atomic E-state index is 0.0928. The van der Waals surface area contributed by atoms with Crippen molar-refractivity contribution in [1.82, 2.24) is 24.8 Å². The van der Waals surface area contributed by atoms with E-state index in [0.717, 1.165) is 38.2 Å². The van der Waals surface area contributed by atoms with Crippen LogP contribution in [0.2, 0.25) is 5.02 Å². The number of amides is 1. The molecule has 5 heterocycles. The Kier molecular flexibility index (Phi) is 8.14. The van der Waals surface area contributed by atoms with Gasteiger partial charge < -0.3 is 19.3 Å². The first-order valence-electron chi connectivity index (χ1n) is 14.0. The molecule has 3 fully saturated rings. The van der Waals surface area contributed by atoms with Gasteiger partial charge in [-0.3, -0.25) is 14.7 Å². The molecule has 43 heavy (non-hydrogen) atoms. The molecule has 0 radical (unpaired) electrons. The van der Waals surface area contributed by atoms with E-state index in [9.17, 15) is 18.0 Å². The zero-order valence-corrected chi connectivity index (χ0v) is 24.0. The van der Waals surface area contributed by atoms with Gasteiger partial charge in [0.25, 0.3) is 0 Å². The highest BCUT2D eigenvalue weighted by Gasteiger charge is 2.38. The van der Waals surface area contributed by atoms with E-state index in [-0.39, 0.29) is 22.8 Å². The number of piperazine rings is 1. The van der Waals surface area contributed by atoms with Gasteiger partial charge in [-0.05, 0) is 18.9 Å². The van der Waals surface area contributed by atoms with Gasteiger partial charge in [-0.25, -0.2) is 4.39 Å². The van der Waals surface area contributed by atoms with Crippen molar-refractivity contribution < 1.29 is 31.8 Å². The number of carbonyl (C=O) groups is 1. The Bertz CT molecular complexity index is 1550. The molecule has 0 N–H and O–H groups in total. The molecule has 0 saturated carbocycles. The van der Waals surface area contributed by atoms with Crippen molar-refractivity contribution in [3.8, 4) is 17.3 Å². The number of methoxy groups -OCH3 is 1. The van der Waals surface area contributed by atoms with Crippen LogP contribution in [-0.2, 0) is 15.7 Å². The van der Waals surface area contributed by atoms with Crippen molar-refractivity contribution in [2.45, 2.75) is 31.1 Å². The number of aromatic nitrogens is 3. The van der Waals surface area contributed by atoms with Crippen molar-refractivity contribution >= 4 is 34.2 Å². The zero-order valence-electron chi connectivity index (χ0n) is 23.3. The summed E-state index contributed by atoms with van der Waals surface area (Å²) in [7, 11) is 1.31. The lowest BCUT2D eigenvalue weighted by atomic mass is 10.0. The molecule has 6 rings (SSSR count). The first kappa shape index (κ1) is 29.5. The number of fused-ring (bicyclic) bond motifs is 3. The lowest BCUT2D eigenvalue weighted by molar-refractivity contribution is -0.137. The van der Waals surface area contributed by atoms with Crippen molar-refractivity contribution in [3.05, 3.63) is 53.0 Å². The Morgan fingerprint density at radius 3 is 2.53 bits per heavy atom. The SMILES string of the molecule is COc1nc(N2CCN(C(=O)/C=C/CN3[C@@H]4CC[C@H]3COC4)CC2)c2cnc(-c3cccc(Cl)c3C(F)(F)F)c(F)c2n1. The smallest absolute Gasteiger partial charge is 0.418 e. The molecule has 3 aromatic rings. The van der Waals surface area contributed by atoms with Gasteiger partial charge in [0.15, 0.2) is 5.82 Å². The Hall–Kier alpha value is -3.55. The van der Waals surface area contributed by atoms with Crippen molar-refractivity contribution in [2.75, 3.05) is 57.9 Å². The number of carbonyl (C=O) groups excluding carboxylic acids is 1. The molecule has 228 valence electrons. The quantitative estimate of drug-likeness (QED) is 0.293. The molecule has 14 heteroatoms. The van der Waals surface area contributed by atoms with Crippen LogP contribution in [0.3, 0.4) is 0 Å². The number of ether oxygens (including phenoxy) is 2. The molecule has 3 aliphatic rings. The lowest BCUT2D eigenvalue weighted by Gasteiger charge is -2.35. The van der Waals surface area contributed by atoms with Crippen molar-refractivity contribution in [3.63, 3.8) is 0 Å². The second-order valence-corrected chi connectivity index (χ2v) is 11.1. The summed E-state index contributed by atoms with van der Waals surface area (Å²) in [5, 5.41) is -0.361. The number of alkyl halides is 3. The van der Waals surface area contributed by atoms with Crippen LogP contribution in [0.25, 0.3) is 22.2 Å².